The Morgan fingerprint density at radius 2 is 1.84 bits per heavy atom. The van der Waals surface area contributed by atoms with E-state index in [1.807, 2.05) is 43.3 Å². The molecule has 31 heavy (non-hydrogen) atoms. The van der Waals surface area contributed by atoms with Crippen LogP contribution in [0.4, 0.5) is 5.69 Å². The van der Waals surface area contributed by atoms with Crippen LogP contribution in [0.5, 0.6) is 0 Å². The van der Waals surface area contributed by atoms with Gasteiger partial charge in [-0.25, -0.2) is 8.42 Å². The number of hydrogen-bond donors (Lipinski definition) is 1. The van der Waals surface area contributed by atoms with E-state index < -0.39 is 10.0 Å². The first kappa shape index (κ1) is 23.8. The number of anilines is 1. The summed E-state index contributed by atoms with van der Waals surface area (Å²) in [5.41, 5.74) is 2.38. The SMILES string of the molecule is CCOC(=O)CCCCCCNC1c2ccccc2N(C)S(=O)(=O)c2cc(Br)ccc21. The zero-order chi connectivity index (χ0) is 22.4. The number of sulfonamides is 1. The van der Waals surface area contributed by atoms with Gasteiger partial charge >= 0.3 is 5.97 Å². The van der Waals surface area contributed by atoms with Crippen molar-refractivity contribution in [1.29, 1.82) is 0 Å². The fraction of sp³-hybridized carbons (Fsp3) is 0.435. The van der Waals surface area contributed by atoms with Gasteiger partial charge in [-0.15, -0.1) is 0 Å². The summed E-state index contributed by atoms with van der Waals surface area (Å²) in [6, 6.07) is 12.8. The van der Waals surface area contributed by atoms with Crippen LogP contribution in [0.25, 0.3) is 0 Å². The second-order valence-corrected chi connectivity index (χ2v) is 10.4. The summed E-state index contributed by atoms with van der Waals surface area (Å²) >= 11 is 3.41. The Kier molecular flexibility index (Phi) is 8.13. The van der Waals surface area contributed by atoms with Crippen LogP contribution >= 0.6 is 15.9 Å². The number of hydrogen-bond acceptors (Lipinski definition) is 5. The average molecular weight is 509 g/mol. The van der Waals surface area contributed by atoms with E-state index in [-0.39, 0.29) is 12.0 Å². The van der Waals surface area contributed by atoms with Crippen molar-refractivity contribution in [1.82, 2.24) is 5.32 Å². The Morgan fingerprint density at radius 1 is 1.10 bits per heavy atom. The molecule has 0 saturated heterocycles. The molecule has 8 heteroatoms. The molecule has 1 heterocycles. The molecule has 3 rings (SSSR count). The highest BCUT2D eigenvalue weighted by molar-refractivity contribution is 9.10. The van der Waals surface area contributed by atoms with Crippen LogP contribution in [0.1, 0.15) is 56.2 Å². The van der Waals surface area contributed by atoms with Crippen LogP contribution in [0.2, 0.25) is 0 Å². The third-order valence-corrected chi connectivity index (χ3v) is 7.79. The van der Waals surface area contributed by atoms with Crippen molar-refractivity contribution in [3.63, 3.8) is 0 Å². The fourth-order valence-electron chi connectivity index (χ4n) is 3.88. The molecule has 2 aromatic carbocycles. The number of para-hydroxylation sites is 1. The van der Waals surface area contributed by atoms with Crippen molar-refractivity contribution in [3.05, 3.63) is 58.1 Å². The van der Waals surface area contributed by atoms with Gasteiger partial charge in [-0.3, -0.25) is 9.10 Å². The largest absolute Gasteiger partial charge is 0.466 e. The highest BCUT2D eigenvalue weighted by atomic mass is 79.9. The second kappa shape index (κ2) is 10.6. The highest BCUT2D eigenvalue weighted by Gasteiger charge is 2.34. The van der Waals surface area contributed by atoms with Gasteiger partial charge in [0.05, 0.1) is 23.2 Å². The number of esters is 1. The van der Waals surface area contributed by atoms with Crippen molar-refractivity contribution >= 4 is 37.6 Å². The number of carbonyl (C=O) groups is 1. The summed E-state index contributed by atoms with van der Waals surface area (Å²) < 4.78 is 33.6. The molecule has 0 bridgehead atoms. The Morgan fingerprint density at radius 3 is 2.61 bits per heavy atom. The van der Waals surface area contributed by atoms with Crippen LogP contribution in [0, 0.1) is 0 Å². The smallest absolute Gasteiger partial charge is 0.305 e. The molecule has 1 aliphatic heterocycles. The average Bonchev–Trinajstić information content (AvgIpc) is 2.81. The second-order valence-electron chi connectivity index (χ2n) is 7.57. The number of benzene rings is 2. The van der Waals surface area contributed by atoms with Gasteiger partial charge in [0.2, 0.25) is 0 Å². The van der Waals surface area contributed by atoms with Crippen molar-refractivity contribution in [2.24, 2.45) is 0 Å². The fourth-order valence-corrected chi connectivity index (χ4v) is 5.87. The molecular weight excluding hydrogens is 480 g/mol. The number of nitrogens with zero attached hydrogens (tertiary/aromatic N) is 1. The molecule has 1 unspecified atom stereocenters. The normalized spacial score (nSPS) is 16.9. The summed E-state index contributed by atoms with van der Waals surface area (Å²) in [6.45, 7) is 2.99. The van der Waals surface area contributed by atoms with E-state index in [1.165, 1.54) is 4.31 Å². The topological polar surface area (TPSA) is 75.7 Å². The van der Waals surface area contributed by atoms with E-state index in [1.54, 1.807) is 13.1 Å². The van der Waals surface area contributed by atoms with Crippen molar-refractivity contribution < 1.29 is 17.9 Å². The minimum atomic E-state index is -3.66. The monoisotopic (exact) mass is 508 g/mol. The summed E-state index contributed by atoms with van der Waals surface area (Å²) in [7, 11) is -2.06. The van der Waals surface area contributed by atoms with Crippen LogP contribution in [0.3, 0.4) is 0 Å². The van der Waals surface area contributed by atoms with Crippen molar-refractivity contribution in [2.45, 2.75) is 50.0 Å². The van der Waals surface area contributed by atoms with E-state index in [9.17, 15) is 13.2 Å². The Hall–Kier alpha value is -1.90. The maximum Gasteiger partial charge on any atom is 0.305 e. The Balaban J connectivity index is 1.73. The maximum absolute atomic E-state index is 13.3. The lowest BCUT2D eigenvalue weighted by molar-refractivity contribution is -0.143. The first-order valence-corrected chi connectivity index (χ1v) is 12.9. The zero-order valence-corrected chi connectivity index (χ0v) is 20.3. The molecule has 6 nitrogen and oxygen atoms in total. The van der Waals surface area contributed by atoms with Gasteiger partial charge in [-0.05, 0) is 55.6 Å². The number of carbonyl (C=O) groups excluding carboxylic acids is 1. The molecule has 0 radical (unpaired) electrons. The van der Waals surface area contributed by atoms with Crippen molar-refractivity contribution in [3.8, 4) is 0 Å². The van der Waals surface area contributed by atoms with Gasteiger partial charge in [0, 0.05) is 17.9 Å². The first-order chi connectivity index (χ1) is 14.9. The molecule has 1 atom stereocenters. The van der Waals surface area contributed by atoms with E-state index in [0.717, 1.165) is 47.8 Å². The lowest BCUT2D eigenvalue weighted by atomic mass is 9.96. The van der Waals surface area contributed by atoms with Gasteiger partial charge in [0.15, 0.2) is 0 Å². The molecule has 0 fully saturated rings. The Bertz CT molecular complexity index is 1030. The van der Waals surface area contributed by atoms with E-state index in [0.29, 0.717) is 23.6 Å². The van der Waals surface area contributed by atoms with Crippen LogP contribution in [0.15, 0.2) is 51.8 Å². The lowest BCUT2D eigenvalue weighted by Gasteiger charge is -2.22. The predicted octanol–water partition coefficient (Wildman–Crippen LogP) is 4.78. The molecular formula is C23H29BrN2O4S. The van der Waals surface area contributed by atoms with Crippen LogP contribution in [-0.2, 0) is 19.6 Å². The number of rotatable bonds is 9. The molecule has 0 aromatic heterocycles. The maximum atomic E-state index is 13.3. The standard InChI is InChI=1S/C23H29BrN2O4S/c1-3-30-22(27)12-6-4-5-9-15-25-23-18-10-7-8-11-20(18)26(2)31(28,29)21-16-17(24)13-14-19(21)23/h7-8,10-11,13-14,16,23,25H,3-6,9,12,15H2,1-2H3. The third-order valence-electron chi connectivity index (χ3n) is 5.47. The lowest BCUT2D eigenvalue weighted by Crippen LogP contribution is -2.26. The molecule has 0 spiro atoms. The van der Waals surface area contributed by atoms with Crippen LogP contribution < -0.4 is 9.62 Å². The molecule has 0 amide bonds. The number of fused-ring (bicyclic) bond motifs is 2. The molecule has 0 saturated carbocycles. The van der Waals surface area contributed by atoms with Gasteiger partial charge < -0.3 is 10.1 Å². The minimum absolute atomic E-state index is 0.135. The molecule has 1 N–H and O–H groups in total. The molecule has 0 aliphatic carbocycles. The summed E-state index contributed by atoms with van der Waals surface area (Å²) in [4.78, 5) is 11.7. The van der Waals surface area contributed by atoms with Gasteiger partial charge in [0.25, 0.3) is 10.0 Å². The summed E-state index contributed by atoms with van der Waals surface area (Å²) in [5.74, 6) is -0.135. The van der Waals surface area contributed by atoms with Gasteiger partial charge in [-0.2, -0.15) is 0 Å². The summed E-state index contributed by atoms with van der Waals surface area (Å²) in [6.07, 6.45) is 4.18. The third kappa shape index (κ3) is 5.48. The number of nitrogens with one attached hydrogen (secondary N) is 1. The van der Waals surface area contributed by atoms with E-state index >= 15 is 0 Å². The number of unbranched alkanes of at least 4 members (excludes halogenated alkanes) is 3. The minimum Gasteiger partial charge on any atom is -0.466 e. The van der Waals surface area contributed by atoms with Gasteiger partial charge in [0.1, 0.15) is 0 Å². The zero-order valence-electron chi connectivity index (χ0n) is 17.9. The Labute approximate surface area is 193 Å². The molecule has 168 valence electrons. The summed E-state index contributed by atoms with van der Waals surface area (Å²) in [5, 5.41) is 3.57. The quantitative estimate of drug-likeness (QED) is 0.389. The van der Waals surface area contributed by atoms with E-state index in [2.05, 4.69) is 21.2 Å². The van der Waals surface area contributed by atoms with Crippen LogP contribution in [-0.4, -0.2) is 34.6 Å². The van der Waals surface area contributed by atoms with Gasteiger partial charge in [-0.1, -0.05) is 53.0 Å². The number of halogens is 1. The predicted molar refractivity (Wildman–Crippen MR) is 126 cm³/mol. The van der Waals surface area contributed by atoms with Crippen molar-refractivity contribution in [2.75, 3.05) is 24.5 Å². The van der Waals surface area contributed by atoms with E-state index in [4.69, 9.17) is 4.74 Å². The first-order valence-electron chi connectivity index (χ1n) is 10.6. The highest BCUT2D eigenvalue weighted by Crippen LogP contribution is 2.40. The molecule has 1 aliphatic rings. The molecule has 2 aromatic rings. The number of ether oxygens (including phenoxy) is 1.